The van der Waals surface area contributed by atoms with Crippen LogP contribution in [0, 0.1) is 5.92 Å². The average Bonchev–Trinajstić information content (AvgIpc) is 2.14. The van der Waals surface area contributed by atoms with E-state index in [1.54, 1.807) is 7.11 Å². The summed E-state index contributed by atoms with van der Waals surface area (Å²) in [5, 5.41) is 0. The summed E-state index contributed by atoms with van der Waals surface area (Å²) in [5.41, 5.74) is 0.593. The minimum atomic E-state index is -0.101. The number of hydrogen-bond acceptors (Lipinski definition) is 3. The Hall–Kier alpha value is -1.16. The first kappa shape index (κ1) is 11.9. The Kier molecular flexibility index (Phi) is 4.49. The molecule has 0 radical (unpaired) electrons. The molecule has 0 aromatic carbocycles. The first-order valence-electron chi connectivity index (χ1n) is 5.20. The smallest absolute Gasteiger partial charge is 0.251 e. The van der Waals surface area contributed by atoms with Crippen LogP contribution in [0.1, 0.15) is 31.8 Å². The summed E-state index contributed by atoms with van der Waals surface area (Å²) in [4.78, 5) is 18.3. The monoisotopic (exact) mass is 210 g/mol. The van der Waals surface area contributed by atoms with Crippen molar-refractivity contribution < 1.29 is 4.74 Å². The molecular formula is C11H18N2O2. The van der Waals surface area contributed by atoms with E-state index in [1.807, 2.05) is 0 Å². The second-order valence-electron chi connectivity index (χ2n) is 4.05. The summed E-state index contributed by atoms with van der Waals surface area (Å²) in [6.45, 7) is 4.69. The highest BCUT2D eigenvalue weighted by atomic mass is 16.5. The van der Waals surface area contributed by atoms with Crippen LogP contribution in [0.25, 0.3) is 0 Å². The fourth-order valence-electron chi connectivity index (χ4n) is 1.33. The van der Waals surface area contributed by atoms with E-state index in [9.17, 15) is 4.79 Å². The van der Waals surface area contributed by atoms with Crippen LogP contribution in [0.5, 0.6) is 0 Å². The zero-order valence-corrected chi connectivity index (χ0v) is 9.54. The molecule has 84 valence electrons. The highest BCUT2D eigenvalue weighted by Gasteiger charge is 2.02. The molecule has 1 aromatic heterocycles. The van der Waals surface area contributed by atoms with Gasteiger partial charge in [-0.15, -0.1) is 0 Å². The Bertz CT molecular complexity index is 358. The second-order valence-corrected chi connectivity index (χ2v) is 4.05. The quantitative estimate of drug-likeness (QED) is 0.801. The van der Waals surface area contributed by atoms with Gasteiger partial charge in [-0.3, -0.25) is 4.79 Å². The number of aromatic amines is 1. The Morgan fingerprint density at radius 1 is 1.53 bits per heavy atom. The van der Waals surface area contributed by atoms with Gasteiger partial charge in [0.2, 0.25) is 0 Å². The summed E-state index contributed by atoms with van der Waals surface area (Å²) in [6.07, 6.45) is 1.84. The number of nitrogens with zero attached hydrogens (tertiary/aromatic N) is 1. The van der Waals surface area contributed by atoms with E-state index in [2.05, 4.69) is 23.8 Å². The molecular weight excluding hydrogens is 192 g/mol. The molecule has 1 rings (SSSR count). The predicted octanol–water partition coefficient (Wildman–Crippen LogP) is 1.50. The number of aryl methyl sites for hydroxylation is 1. The lowest BCUT2D eigenvalue weighted by atomic mass is 10.1. The van der Waals surface area contributed by atoms with Crippen molar-refractivity contribution in [1.82, 2.24) is 9.97 Å². The van der Waals surface area contributed by atoms with Gasteiger partial charge in [-0.2, -0.15) is 0 Å². The van der Waals surface area contributed by atoms with Crippen LogP contribution in [0.15, 0.2) is 10.9 Å². The normalized spacial score (nSPS) is 10.9. The highest BCUT2D eigenvalue weighted by Crippen LogP contribution is 2.04. The number of ether oxygens (including phenoxy) is 1. The maximum Gasteiger partial charge on any atom is 0.251 e. The van der Waals surface area contributed by atoms with Crippen molar-refractivity contribution in [2.45, 2.75) is 33.3 Å². The summed E-state index contributed by atoms with van der Waals surface area (Å²) in [5.74, 6) is 1.37. The molecule has 0 aliphatic heterocycles. The maximum atomic E-state index is 11.3. The topological polar surface area (TPSA) is 55.0 Å². The summed E-state index contributed by atoms with van der Waals surface area (Å²) in [7, 11) is 1.59. The van der Waals surface area contributed by atoms with Gasteiger partial charge >= 0.3 is 0 Å². The van der Waals surface area contributed by atoms with Crippen LogP contribution in [0.4, 0.5) is 0 Å². The lowest BCUT2D eigenvalue weighted by Gasteiger charge is -2.05. The molecule has 0 fully saturated rings. The molecule has 0 saturated heterocycles. The van der Waals surface area contributed by atoms with E-state index >= 15 is 0 Å². The van der Waals surface area contributed by atoms with Crippen molar-refractivity contribution in [1.29, 1.82) is 0 Å². The van der Waals surface area contributed by atoms with Gasteiger partial charge in [0.1, 0.15) is 5.82 Å². The molecule has 1 heterocycles. The van der Waals surface area contributed by atoms with Crippen molar-refractivity contribution in [3.63, 3.8) is 0 Å². The third kappa shape index (κ3) is 4.25. The zero-order chi connectivity index (χ0) is 11.3. The van der Waals surface area contributed by atoms with Crippen LogP contribution in [0.2, 0.25) is 0 Å². The number of nitrogens with one attached hydrogen (secondary N) is 1. The third-order valence-electron chi connectivity index (χ3n) is 2.09. The molecule has 0 saturated carbocycles. The highest BCUT2D eigenvalue weighted by molar-refractivity contribution is 5.01. The minimum absolute atomic E-state index is 0.101. The largest absolute Gasteiger partial charge is 0.378 e. The van der Waals surface area contributed by atoms with E-state index < -0.39 is 0 Å². The lowest BCUT2D eigenvalue weighted by Crippen LogP contribution is -2.13. The fourth-order valence-corrected chi connectivity index (χ4v) is 1.33. The first-order chi connectivity index (χ1) is 7.11. The van der Waals surface area contributed by atoms with Gasteiger partial charge in [-0.05, 0) is 12.3 Å². The van der Waals surface area contributed by atoms with Crippen LogP contribution in [-0.4, -0.2) is 17.1 Å². The maximum absolute atomic E-state index is 11.3. The molecule has 1 aromatic rings. The molecule has 4 nitrogen and oxygen atoms in total. The van der Waals surface area contributed by atoms with Gasteiger partial charge in [-0.1, -0.05) is 13.8 Å². The van der Waals surface area contributed by atoms with E-state index in [4.69, 9.17) is 4.74 Å². The Balaban J connectivity index is 2.75. The van der Waals surface area contributed by atoms with Gasteiger partial charge < -0.3 is 9.72 Å². The van der Waals surface area contributed by atoms with Crippen molar-refractivity contribution in [3.8, 4) is 0 Å². The Labute approximate surface area is 89.7 Å². The van der Waals surface area contributed by atoms with Crippen molar-refractivity contribution >= 4 is 0 Å². The number of hydrogen-bond donors (Lipinski definition) is 1. The van der Waals surface area contributed by atoms with E-state index in [1.165, 1.54) is 6.07 Å². The lowest BCUT2D eigenvalue weighted by molar-refractivity contribution is 0.181. The molecule has 0 unspecified atom stereocenters. The molecule has 4 heteroatoms. The summed E-state index contributed by atoms with van der Waals surface area (Å²) in [6, 6.07) is 1.47. The number of H-pyrrole nitrogens is 1. The molecule has 0 aliphatic rings. The van der Waals surface area contributed by atoms with Crippen molar-refractivity contribution in [2.75, 3.05) is 7.11 Å². The molecule has 0 bridgehead atoms. The Morgan fingerprint density at radius 2 is 2.27 bits per heavy atom. The molecule has 0 aliphatic carbocycles. The Morgan fingerprint density at radius 3 is 2.87 bits per heavy atom. The molecule has 0 spiro atoms. The first-order valence-corrected chi connectivity index (χ1v) is 5.20. The van der Waals surface area contributed by atoms with Crippen LogP contribution in [0.3, 0.4) is 0 Å². The van der Waals surface area contributed by atoms with Gasteiger partial charge in [-0.25, -0.2) is 4.98 Å². The number of rotatable bonds is 5. The van der Waals surface area contributed by atoms with Gasteiger partial charge in [0.15, 0.2) is 0 Å². The molecule has 1 N–H and O–H groups in total. The number of methoxy groups -OCH3 is 1. The van der Waals surface area contributed by atoms with Crippen LogP contribution in [-0.2, 0) is 17.8 Å². The van der Waals surface area contributed by atoms with E-state index in [0.717, 1.165) is 18.7 Å². The standard InChI is InChI=1S/C11H18N2O2/c1-8(2)4-5-10-12-9(7-15-3)6-11(14)13-10/h6,8H,4-5,7H2,1-3H3,(H,12,13,14). The SMILES string of the molecule is COCc1cc(=O)[nH]c(CCC(C)C)n1. The van der Waals surface area contributed by atoms with Crippen molar-refractivity contribution in [3.05, 3.63) is 27.9 Å². The fraction of sp³-hybridized carbons (Fsp3) is 0.636. The second kappa shape index (κ2) is 5.66. The van der Waals surface area contributed by atoms with Crippen LogP contribution < -0.4 is 5.56 Å². The van der Waals surface area contributed by atoms with E-state index in [-0.39, 0.29) is 5.56 Å². The minimum Gasteiger partial charge on any atom is -0.378 e. The zero-order valence-electron chi connectivity index (χ0n) is 9.54. The number of aromatic nitrogens is 2. The van der Waals surface area contributed by atoms with E-state index in [0.29, 0.717) is 18.2 Å². The molecule has 0 atom stereocenters. The third-order valence-corrected chi connectivity index (χ3v) is 2.09. The van der Waals surface area contributed by atoms with Crippen molar-refractivity contribution in [2.24, 2.45) is 5.92 Å². The predicted molar refractivity (Wildman–Crippen MR) is 58.7 cm³/mol. The van der Waals surface area contributed by atoms with Gasteiger partial charge in [0, 0.05) is 19.6 Å². The summed E-state index contributed by atoms with van der Waals surface area (Å²) < 4.78 is 4.95. The average molecular weight is 210 g/mol. The molecule has 0 amide bonds. The molecule has 15 heavy (non-hydrogen) atoms. The van der Waals surface area contributed by atoms with Gasteiger partial charge in [0.25, 0.3) is 5.56 Å². The van der Waals surface area contributed by atoms with Gasteiger partial charge in [0.05, 0.1) is 12.3 Å². The van der Waals surface area contributed by atoms with Crippen LogP contribution >= 0.6 is 0 Å². The summed E-state index contributed by atoms with van der Waals surface area (Å²) >= 11 is 0.